The number of benzene rings is 2. The summed E-state index contributed by atoms with van der Waals surface area (Å²) in [5.41, 5.74) is 1.90. The molecule has 5 nitrogen and oxygen atoms in total. The Morgan fingerprint density at radius 3 is 2.31 bits per heavy atom. The number of nitrogens with one attached hydrogen (secondary N) is 2. The number of ether oxygens (including phenoxy) is 1. The van der Waals surface area contributed by atoms with Crippen molar-refractivity contribution >= 4 is 11.9 Å². The highest BCUT2D eigenvalue weighted by atomic mass is 16.5. The molecule has 0 radical (unpaired) electrons. The lowest BCUT2D eigenvalue weighted by atomic mass is 10.1. The Labute approximate surface area is 153 Å². The van der Waals surface area contributed by atoms with E-state index in [1.807, 2.05) is 60.7 Å². The zero-order valence-corrected chi connectivity index (χ0v) is 14.7. The molecule has 1 amide bonds. The maximum Gasteiger partial charge on any atom is 0.329 e. The first-order valence-corrected chi connectivity index (χ1v) is 9.00. The van der Waals surface area contributed by atoms with Crippen LogP contribution in [0, 0.1) is 0 Å². The molecule has 2 aromatic rings. The van der Waals surface area contributed by atoms with Gasteiger partial charge in [0.15, 0.2) is 0 Å². The lowest BCUT2D eigenvalue weighted by molar-refractivity contribution is -0.149. The maximum atomic E-state index is 12.6. The molecule has 1 aliphatic heterocycles. The Balaban J connectivity index is 1.64. The summed E-state index contributed by atoms with van der Waals surface area (Å²) in [5.74, 6) is -0.552. The maximum absolute atomic E-state index is 12.6. The molecule has 0 saturated carbocycles. The molecule has 1 saturated heterocycles. The van der Waals surface area contributed by atoms with Crippen LogP contribution in [0.4, 0.5) is 0 Å². The Hall–Kier alpha value is -2.66. The fraction of sp³-hybridized carbons (Fsp3) is 0.333. The van der Waals surface area contributed by atoms with Crippen molar-refractivity contribution in [1.82, 2.24) is 10.6 Å². The van der Waals surface area contributed by atoms with E-state index in [2.05, 4.69) is 10.6 Å². The summed E-state index contributed by atoms with van der Waals surface area (Å²) in [4.78, 5) is 25.1. The van der Waals surface area contributed by atoms with Crippen LogP contribution in [-0.4, -0.2) is 30.5 Å². The summed E-state index contributed by atoms with van der Waals surface area (Å²) in [6.07, 6.45) is 2.18. The molecule has 1 aliphatic rings. The minimum atomic E-state index is -0.698. The van der Waals surface area contributed by atoms with Gasteiger partial charge in [0.1, 0.15) is 12.6 Å². The average Bonchev–Trinajstić information content (AvgIpc) is 3.22. The summed E-state index contributed by atoms with van der Waals surface area (Å²) in [7, 11) is 0. The van der Waals surface area contributed by atoms with E-state index in [-0.39, 0.29) is 18.6 Å². The third-order valence-electron chi connectivity index (χ3n) is 4.48. The van der Waals surface area contributed by atoms with Gasteiger partial charge in [0.25, 0.3) is 0 Å². The topological polar surface area (TPSA) is 67.4 Å². The van der Waals surface area contributed by atoms with Gasteiger partial charge < -0.3 is 15.4 Å². The van der Waals surface area contributed by atoms with E-state index in [9.17, 15) is 9.59 Å². The van der Waals surface area contributed by atoms with Gasteiger partial charge in [0.2, 0.25) is 5.91 Å². The normalized spacial score (nSPS) is 17.5. The highest BCUT2D eigenvalue weighted by Crippen LogP contribution is 2.10. The number of rotatable bonds is 7. The van der Waals surface area contributed by atoms with E-state index in [1.165, 1.54) is 0 Å². The van der Waals surface area contributed by atoms with Crippen LogP contribution < -0.4 is 10.6 Å². The Kier molecular flexibility index (Phi) is 6.39. The van der Waals surface area contributed by atoms with Crippen molar-refractivity contribution < 1.29 is 14.3 Å². The van der Waals surface area contributed by atoms with Crippen LogP contribution in [0.3, 0.4) is 0 Å². The van der Waals surface area contributed by atoms with Crippen LogP contribution in [0.2, 0.25) is 0 Å². The first kappa shape index (κ1) is 18.1. The zero-order chi connectivity index (χ0) is 18.2. The summed E-state index contributed by atoms with van der Waals surface area (Å²) < 4.78 is 5.45. The molecule has 0 bridgehead atoms. The first-order valence-electron chi connectivity index (χ1n) is 9.00. The highest BCUT2D eigenvalue weighted by Gasteiger charge is 2.28. The Morgan fingerprint density at radius 1 is 1.04 bits per heavy atom. The average molecular weight is 352 g/mol. The first-order chi connectivity index (χ1) is 12.7. The molecule has 1 heterocycles. The molecule has 3 rings (SSSR count). The van der Waals surface area contributed by atoms with Crippen molar-refractivity contribution in [1.29, 1.82) is 0 Å². The summed E-state index contributed by atoms with van der Waals surface area (Å²) >= 11 is 0. The van der Waals surface area contributed by atoms with Gasteiger partial charge >= 0.3 is 5.97 Å². The molecule has 2 aromatic carbocycles. The van der Waals surface area contributed by atoms with Gasteiger partial charge in [-0.25, -0.2) is 4.79 Å². The summed E-state index contributed by atoms with van der Waals surface area (Å²) in [5, 5.41) is 6.03. The molecule has 26 heavy (non-hydrogen) atoms. The molecule has 0 unspecified atom stereocenters. The summed E-state index contributed by atoms with van der Waals surface area (Å²) in [6.45, 7) is 1.03. The number of carbonyl (C=O) groups is 2. The molecule has 2 N–H and O–H groups in total. The van der Waals surface area contributed by atoms with E-state index in [0.29, 0.717) is 6.42 Å². The van der Waals surface area contributed by atoms with Crippen LogP contribution in [-0.2, 0) is 27.4 Å². The van der Waals surface area contributed by atoms with Gasteiger partial charge in [0, 0.05) is 6.42 Å². The van der Waals surface area contributed by atoms with Crippen LogP contribution in [0.1, 0.15) is 24.0 Å². The van der Waals surface area contributed by atoms with Crippen molar-refractivity contribution in [2.75, 3.05) is 6.54 Å². The third kappa shape index (κ3) is 5.17. The van der Waals surface area contributed by atoms with Gasteiger partial charge in [-0.05, 0) is 30.5 Å². The molecule has 0 aliphatic carbocycles. The predicted molar refractivity (Wildman–Crippen MR) is 99.3 cm³/mol. The number of amides is 1. The van der Waals surface area contributed by atoms with E-state index in [4.69, 9.17) is 4.74 Å². The van der Waals surface area contributed by atoms with Gasteiger partial charge in [0.05, 0.1) is 6.04 Å². The van der Waals surface area contributed by atoms with Gasteiger partial charge in [-0.3, -0.25) is 4.79 Å². The van der Waals surface area contributed by atoms with Crippen LogP contribution in [0.15, 0.2) is 60.7 Å². The molecule has 0 aromatic heterocycles. The number of hydrogen-bond donors (Lipinski definition) is 2. The van der Waals surface area contributed by atoms with Crippen LogP contribution in [0.5, 0.6) is 0 Å². The monoisotopic (exact) mass is 352 g/mol. The second-order valence-corrected chi connectivity index (χ2v) is 6.49. The van der Waals surface area contributed by atoms with Crippen molar-refractivity contribution in [3.8, 4) is 0 Å². The number of carbonyl (C=O) groups excluding carboxylic acids is 2. The second-order valence-electron chi connectivity index (χ2n) is 6.49. The molecule has 136 valence electrons. The second kappa shape index (κ2) is 9.15. The SMILES string of the molecule is O=C(OCc1ccccc1)[C@H](Cc1ccccc1)NC(=O)[C@H]1CCCN1. The lowest BCUT2D eigenvalue weighted by Crippen LogP contribution is -2.49. The molecule has 0 spiro atoms. The van der Waals surface area contributed by atoms with Crippen LogP contribution in [0.25, 0.3) is 0 Å². The van der Waals surface area contributed by atoms with Crippen molar-refractivity contribution in [2.24, 2.45) is 0 Å². The standard InChI is InChI=1S/C21H24N2O3/c24-20(18-12-7-13-22-18)23-19(14-16-8-3-1-4-9-16)21(25)26-15-17-10-5-2-6-11-17/h1-6,8-11,18-19,22H,7,12-15H2,(H,23,24)/t18-,19+/m1/s1. The van der Waals surface area contributed by atoms with E-state index in [1.54, 1.807) is 0 Å². The van der Waals surface area contributed by atoms with Crippen molar-refractivity contribution in [3.05, 3.63) is 71.8 Å². The molecular formula is C21H24N2O3. The number of hydrogen-bond acceptors (Lipinski definition) is 4. The smallest absolute Gasteiger partial charge is 0.329 e. The highest BCUT2D eigenvalue weighted by molar-refractivity contribution is 5.87. The van der Waals surface area contributed by atoms with Gasteiger partial charge in [-0.1, -0.05) is 60.7 Å². The minimum Gasteiger partial charge on any atom is -0.459 e. The largest absolute Gasteiger partial charge is 0.459 e. The van der Waals surface area contributed by atoms with Gasteiger partial charge in [-0.2, -0.15) is 0 Å². The molecule has 2 atom stereocenters. The number of esters is 1. The third-order valence-corrected chi connectivity index (χ3v) is 4.48. The quantitative estimate of drug-likeness (QED) is 0.750. The van der Waals surface area contributed by atoms with Crippen molar-refractivity contribution in [2.45, 2.75) is 38.0 Å². The Bertz CT molecular complexity index is 713. The fourth-order valence-electron chi connectivity index (χ4n) is 3.05. The predicted octanol–water partition coefficient (Wildman–Crippen LogP) is 2.21. The Morgan fingerprint density at radius 2 is 1.69 bits per heavy atom. The fourth-order valence-corrected chi connectivity index (χ4v) is 3.05. The van der Waals surface area contributed by atoms with E-state index >= 15 is 0 Å². The molecule has 1 fully saturated rings. The molecular weight excluding hydrogens is 328 g/mol. The van der Waals surface area contributed by atoms with E-state index < -0.39 is 12.0 Å². The van der Waals surface area contributed by atoms with Crippen LogP contribution >= 0.6 is 0 Å². The molecule has 5 heteroatoms. The van der Waals surface area contributed by atoms with E-state index in [0.717, 1.165) is 30.5 Å². The van der Waals surface area contributed by atoms with Gasteiger partial charge in [-0.15, -0.1) is 0 Å². The minimum absolute atomic E-state index is 0.139. The lowest BCUT2D eigenvalue weighted by Gasteiger charge is -2.20. The zero-order valence-electron chi connectivity index (χ0n) is 14.7. The van der Waals surface area contributed by atoms with Crippen molar-refractivity contribution in [3.63, 3.8) is 0 Å². The summed E-state index contributed by atoms with van der Waals surface area (Å²) in [6, 6.07) is 18.2.